The molecule has 1 amide bonds. The van der Waals surface area contributed by atoms with E-state index >= 15 is 0 Å². The van der Waals surface area contributed by atoms with Crippen molar-refractivity contribution in [1.82, 2.24) is 5.32 Å². The number of hydrogen-bond donors (Lipinski definition) is 2. The highest BCUT2D eigenvalue weighted by Gasteiger charge is 2.38. The van der Waals surface area contributed by atoms with Crippen molar-refractivity contribution in [2.24, 2.45) is 11.8 Å². The molecule has 0 spiro atoms. The third kappa shape index (κ3) is 4.07. The highest BCUT2D eigenvalue weighted by Crippen LogP contribution is 2.37. The second kappa shape index (κ2) is 8.40. The average molecular weight is 392 g/mol. The zero-order chi connectivity index (χ0) is 20.4. The zero-order valence-electron chi connectivity index (χ0n) is 16.9. The topological polar surface area (TPSA) is 66.4 Å². The number of benzene rings is 2. The number of carbonyl (C=O) groups is 2. The predicted octanol–water partition coefficient (Wildman–Crippen LogP) is 4.97. The minimum Gasteiger partial charge on any atom is -0.481 e. The van der Waals surface area contributed by atoms with Gasteiger partial charge in [-0.2, -0.15) is 0 Å². The third-order valence-corrected chi connectivity index (χ3v) is 6.80. The number of aliphatic carboxylic acids is 1. The third-order valence-electron chi connectivity index (χ3n) is 6.80. The Balaban J connectivity index is 1.61. The van der Waals surface area contributed by atoms with Crippen molar-refractivity contribution in [3.63, 3.8) is 0 Å². The van der Waals surface area contributed by atoms with Crippen LogP contribution in [0.3, 0.4) is 0 Å². The molecule has 0 heterocycles. The lowest BCUT2D eigenvalue weighted by Gasteiger charge is -2.27. The van der Waals surface area contributed by atoms with Crippen LogP contribution in [0.5, 0.6) is 0 Å². The Morgan fingerprint density at radius 1 is 0.931 bits per heavy atom. The van der Waals surface area contributed by atoms with Crippen molar-refractivity contribution < 1.29 is 14.7 Å². The number of rotatable bonds is 6. The number of carboxylic acid groups (broad SMARTS) is 1. The molecule has 29 heavy (non-hydrogen) atoms. The second-order valence-electron chi connectivity index (χ2n) is 8.57. The summed E-state index contributed by atoms with van der Waals surface area (Å²) in [5, 5.41) is 12.7. The number of carboxylic acids is 1. The monoisotopic (exact) mass is 391 g/mol. The molecule has 4 heteroatoms. The molecule has 4 rings (SSSR count). The summed E-state index contributed by atoms with van der Waals surface area (Å²) in [7, 11) is 0. The molecule has 3 atom stereocenters. The van der Waals surface area contributed by atoms with E-state index in [4.69, 9.17) is 0 Å². The van der Waals surface area contributed by atoms with Crippen LogP contribution in [0, 0.1) is 18.8 Å². The number of hydrogen-bond acceptors (Lipinski definition) is 2. The van der Waals surface area contributed by atoms with E-state index in [0.717, 1.165) is 23.1 Å². The van der Waals surface area contributed by atoms with Crippen LogP contribution in [-0.2, 0) is 9.59 Å². The Kier molecular flexibility index (Phi) is 5.70. The first-order valence-electron chi connectivity index (χ1n) is 10.7. The Labute approximate surface area is 172 Å². The highest BCUT2D eigenvalue weighted by atomic mass is 16.4. The maximum atomic E-state index is 13.1. The smallest absolute Gasteiger partial charge is 0.307 e. The van der Waals surface area contributed by atoms with Gasteiger partial charge in [-0.15, -0.1) is 0 Å². The summed E-state index contributed by atoms with van der Waals surface area (Å²) in [6, 6.07) is 16.4. The van der Waals surface area contributed by atoms with E-state index in [1.165, 1.54) is 24.8 Å². The summed E-state index contributed by atoms with van der Waals surface area (Å²) in [4.78, 5) is 24.6. The molecule has 2 N–H and O–H groups in total. The molecule has 2 saturated carbocycles. The van der Waals surface area contributed by atoms with Gasteiger partial charge >= 0.3 is 5.97 Å². The van der Waals surface area contributed by atoms with Crippen LogP contribution < -0.4 is 5.32 Å². The molecule has 0 unspecified atom stereocenters. The zero-order valence-corrected chi connectivity index (χ0v) is 16.9. The van der Waals surface area contributed by atoms with Gasteiger partial charge in [0.05, 0.1) is 17.9 Å². The normalized spacial score (nSPS) is 22.7. The van der Waals surface area contributed by atoms with Gasteiger partial charge < -0.3 is 10.4 Å². The van der Waals surface area contributed by atoms with Gasteiger partial charge in [0, 0.05) is 0 Å². The fourth-order valence-electron chi connectivity index (χ4n) is 4.77. The summed E-state index contributed by atoms with van der Waals surface area (Å²) in [5.41, 5.74) is 4.58. The SMILES string of the molecule is Cc1ccccc1[C@H](NC(=O)[C@@H]1CCC[C@@H]1C(=O)O)c1ccc(C2CCC2)cc1. The van der Waals surface area contributed by atoms with E-state index in [1.807, 2.05) is 31.2 Å². The molecule has 0 saturated heterocycles. The molecule has 2 aromatic rings. The minimum absolute atomic E-state index is 0.147. The molecule has 2 fully saturated rings. The van der Waals surface area contributed by atoms with Gasteiger partial charge in [-0.05, 0) is 60.8 Å². The predicted molar refractivity (Wildman–Crippen MR) is 113 cm³/mol. The molecular weight excluding hydrogens is 362 g/mol. The molecule has 152 valence electrons. The number of nitrogens with one attached hydrogen (secondary N) is 1. The standard InChI is InChI=1S/C25H29NO3/c1-16-6-2-3-9-20(16)23(19-14-12-18(13-15-19)17-7-4-8-17)26-24(27)21-10-5-11-22(21)25(28)29/h2-3,6,9,12-15,17,21-23H,4-5,7-8,10-11H2,1H3,(H,26,27)(H,28,29)/t21-,22+,23-/m1/s1. The van der Waals surface area contributed by atoms with E-state index in [-0.39, 0.29) is 11.9 Å². The summed E-state index contributed by atoms with van der Waals surface area (Å²) in [6.07, 6.45) is 5.84. The molecule has 2 aromatic carbocycles. The molecular formula is C25H29NO3. The average Bonchev–Trinajstić information content (AvgIpc) is 3.16. The first-order valence-corrected chi connectivity index (χ1v) is 10.7. The number of aryl methyl sites for hydroxylation is 1. The number of carbonyl (C=O) groups excluding carboxylic acids is 1. The van der Waals surface area contributed by atoms with E-state index in [9.17, 15) is 14.7 Å². The summed E-state index contributed by atoms with van der Waals surface area (Å²) in [5.74, 6) is -1.36. The van der Waals surface area contributed by atoms with Crippen LogP contribution in [0.15, 0.2) is 48.5 Å². The van der Waals surface area contributed by atoms with Crippen molar-refractivity contribution in [2.75, 3.05) is 0 Å². The summed E-state index contributed by atoms with van der Waals surface area (Å²) in [6.45, 7) is 2.05. The fraction of sp³-hybridized carbons (Fsp3) is 0.440. The maximum absolute atomic E-state index is 13.1. The van der Waals surface area contributed by atoms with E-state index < -0.39 is 17.8 Å². The minimum atomic E-state index is -0.861. The van der Waals surface area contributed by atoms with Gasteiger partial charge in [0.2, 0.25) is 5.91 Å². The van der Waals surface area contributed by atoms with Gasteiger partial charge in [-0.1, -0.05) is 61.4 Å². The lowest BCUT2D eigenvalue weighted by molar-refractivity contribution is -0.146. The largest absolute Gasteiger partial charge is 0.481 e. The van der Waals surface area contributed by atoms with Gasteiger partial charge in [0.25, 0.3) is 0 Å². The first kappa shape index (κ1) is 19.7. The van der Waals surface area contributed by atoms with Crippen LogP contribution >= 0.6 is 0 Å². The lowest BCUT2D eigenvalue weighted by Crippen LogP contribution is -2.38. The Morgan fingerprint density at radius 3 is 2.21 bits per heavy atom. The second-order valence-corrected chi connectivity index (χ2v) is 8.57. The summed E-state index contributed by atoms with van der Waals surface area (Å²) < 4.78 is 0. The highest BCUT2D eigenvalue weighted by molar-refractivity contribution is 5.85. The van der Waals surface area contributed by atoms with Gasteiger partial charge in [-0.3, -0.25) is 9.59 Å². The van der Waals surface area contributed by atoms with Crippen molar-refractivity contribution in [1.29, 1.82) is 0 Å². The van der Waals surface area contributed by atoms with Crippen LogP contribution in [0.1, 0.15) is 72.7 Å². The van der Waals surface area contributed by atoms with E-state index in [1.54, 1.807) is 0 Å². The molecule has 0 radical (unpaired) electrons. The van der Waals surface area contributed by atoms with Gasteiger partial charge in [-0.25, -0.2) is 0 Å². The van der Waals surface area contributed by atoms with Crippen molar-refractivity contribution in [3.8, 4) is 0 Å². The molecule has 4 nitrogen and oxygen atoms in total. The Morgan fingerprint density at radius 2 is 1.59 bits per heavy atom. The van der Waals surface area contributed by atoms with Crippen molar-refractivity contribution in [3.05, 3.63) is 70.8 Å². The van der Waals surface area contributed by atoms with Crippen LogP contribution in [-0.4, -0.2) is 17.0 Å². The molecule has 2 aliphatic rings. The molecule has 2 aliphatic carbocycles. The van der Waals surface area contributed by atoms with Gasteiger partial charge in [0.1, 0.15) is 0 Å². The van der Waals surface area contributed by atoms with Crippen LogP contribution in [0.2, 0.25) is 0 Å². The molecule has 0 aliphatic heterocycles. The maximum Gasteiger partial charge on any atom is 0.307 e. The first-order chi connectivity index (χ1) is 14.0. The molecule has 0 bridgehead atoms. The van der Waals surface area contributed by atoms with Crippen molar-refractivity contribution in [2.45, 2.75) is 57.4 Å². The Hall–Kier alpha value is -2.62. The van der Waals surface area contributed by atoms with Crippen LogP contribution in [0.4, 0.5) is 0 Å². The quantitative estimate of drug-likeness (QED) is 0.731. The lowest BCUT2D eigenvalue weighted by atomic mass is 9.79. The van der Waals surface area contributed by atoms with Gasteiger partial charge in [0.15, 0.2) is 0 Å². The molecule has 0 aromatic heterocycles. The number of amides is 1. The van der Waals surface area contributed by atoms with E-state index in [2.05, 4.69) is 29.6 Å². The van der Waals surface area contributed by atoms with Crippen molar-refractivity contribution >= 4 is 11.9 Å². The summed E-state index contributed by atoms with van der Waals surface area (Å²) >= 11 is 0. The fourth-order valence-corrected chi connectivity index (χ4v) is 4.77. The van der Waals surface area contributed by atoms with Crippen LogP contribution in [0.25, 0.3) is 0 Å². The Bertz CT molecular complexity index is 885. The van der Waals surface area contributed by atoms with E-state index in [0.29, 0.717) is 18.8 Å².